The molecule has 3 aliphatic rings. The van der Waals surface area contributed by atoms with Crippen molar-refractivity contribution in [2.45, 2.75) is 25.6 Å². The molecule has 0 bridgehead atoms. The zero-order valence-electron chi connectivity index (χ0n) is 11.3. The molecule has 20 heavy (non-hydrogen) atoms. The van der Waals surface area contributed by atoms with Gasteiger partial charge in [-0.05, 0) is 24.3 Å². The number of rotatable bonds is 4. The Kier molecular flexibility index (Phi) is 2.71. The van der Waals surface area contributed by atoms with Crippen molar-refractivity contribution in [3.8, 4) is 0 Å². The Morgan fingerprint density at radius 3 is 2.95 bits per heavy atom. The summed E-state index contributed by atoms with van der Waals surface area (Å²) < 4.78 is 11.4. The summed E-state index contributed by atoms with van der Waals surface area (Å²) in [4.78, 5) is 12.3. The molecule has 1 saturated heterocycles. The molecule has 1 aliphatic heterocycles. The molecule has 0 N–H and O–H groups in total. The molecule has 0 amide bonds. The van der Waals surface area contributed by atoms with E-state index in [-0.39, 0.29) is 12.1 Å². The quantitative estimate of drug-likeness (QED) is 0.623. The highest BCUT2D eigenvalue weighted by Gasteiger charge is 2.63. The maximum absolute atomic E-state index is 12.3. The maximum atomic E-state index is 12.3. The Balaban J connectivity index is 1.48. The fraction of sp³-hybridized carbons (Fsp3) is 0.471. The third-order valence-corrected chi connectivity index (χ3v) is 4.97. The van der Waals surface area contributed by atoms with Gasteiger partial charge in [-0.25, -0.2) is 0 Å². The number of hydrogen-bond acceptors (Lipinski definition) is 3. The molecule has 1 saturated carbocycles. The Bertz CT molecular complexity index is 551. The fourth-order valence-electron chi connectivity index (χ4n) is 4.03. The van der Waals surface area contributed by atoms with Crippen LogP contribution in [0.25, 0.3) is 0 Å². The smallest absolute Gasteiger partial charge is 0.319 e. The Labute approximate surface area is 118 Å². The van der Waals surface area contributed by atoms with Crippen LogP contribution in [0.1, 0.15) is 18.4 Å². The summed E-state index contributed by atoms with van der Waals surface area (Å²) in [6.07, 6.45) is 6.51. The second-order valence-electron chi connectivity index (χ2n) is 6.09. The van der Waals surface area contributed by atoms with Crippen LogP contribution in [0.5, 0.6) is 0 Å². The van der Waals surface area contributed by atoms with Crippen molar-refractivity contribution in [1.29, 1.82) is 0 Å². The zero-order chi connectivity index (χ0) is 13.6. The lowest BCUT2D eigenvalue weighted by Crippen LogP contribution is -2.35. The summed E-state index contributed by atoms with van der Waals surface area (Å²) in [6.45, 7) is 0.987. The van der Waals surface area contributed by atoms with Crippen LogP contribution < -0.4 is 0 Å². The van der Waals surface area contributed by atoms with E-state index in [4.69, 9.17) is 9.47 Å². The minimum absolute atomic E-state index is 0.0842. The molecule has 1 heterocycles. The van der Waals surface area contributed by atoms with E-state index in [2.05, 4.69) is 12.2 Å². The van der Waals surface area contributed by atoms with Crippen LogP contribution in [-0.4, -0.2) is 18.7 Å². The molecule has 0 radical (unpaired) electrons. The van der Waals surface area contributed by atoms with E-state index in [0.717, 1.165) is 18.4 Å². The molecule has 1 aromatic carbocycles. The topological polar surface area (TPSA) is 35.5 Å². The third kappa shape index (κ3) is 1.66. The highest BCUT2D eigenvalue weighted by atomic mass is 16.6. The molecule has 0 aromatic heterocycles. The van der Waals surface area contributed by atoms with Gasteiger partial charge in [-0.15, -0.1) is 0 Å². The average molecular weight is 270 g/mol. The van der Waals surface area contributed by atoms with Crippen LogP contribution >= 0.6 is 0 Å². The molecule has 1 aromatic rings. The van der Waals surface area contributed by atoms with Crippen LogP contribution in [0.3, 0.4) is 0 Å². The molecular weight excluding hydrogens is 252 g/mol. The van der Waals surface area contributed by atoms with E-state index in [1.165, 1.54) is 0 Å². The lowest BCUT2D eigenvalue weighted by Gasteiger charge is -2.24. The number of esters is 1. The third-order valence-electron chi connectivity index (χ3n) is 4.97. The van der Waals surface area contributed by atoms with Crippen LogP contribution in [0.2, 0.25) is 0 Å². The van der Waals surface area contributed by atoms with Crippen molar-refractivity contribution in [3.63, 3.8) is 0 Å². The van der Waals surface area contributed by atoms with Gasteiger partial charge in [0.15, 0.2) is 0 Å². The summed E-state index contributed by atoms with van der Waals surface area (Å²) in [6, 6.07) is 10.1. The second kappa shape index (κ2) is 4.45. The standard InChI is InChI=1S/C17H18O3/c18-16-17(11-19-10-12-4-2-1-3-5-12)9-8-13-6-7-14(20-16)15(13)17/h1-5,8-9,13-15H,6-7,10-11H2/t13-,14-,15+,17-/m1/s1. The van der Waals surface area contributed by atoms with Gasteiger partial charge < -0.3 is 9.47 Å². The minimum Gasteiger partial charge on any atom is -0.461 e. The normalized spacial score (nSPS) is 37.2. The first-order valence-corrected chi connectivity index (χ1v) is 7.32. The molecule has 0 unspecified atom stereocenters. The van der Waals surface area contributed by atoms with Crippen molar-refractivity contribution in [1.82, 2.24) is 0 Å². The molecule has 0 spiro atoms. The van der Waals surface area contributed by atoms with Crippen LogP contribution in [-0.2, 0) is 20.9 Å². The van der Waals surface area contributed by atoms with Gasteiger partial charge in [-0.1, -0.05) is 42.5 Å². The molecule has 2 fully saturated rings. The Hall–Kier alpha value is -1.61. The highest BCUT2D eigenvalue weighted by Crippen LogP contribution is 2.56. The van der Waals surface area contributed by atoms with Crippen LogP contribution in [0.15, 0.2) is 42.5 Å². The predicted octanol–water partition coefficient (Wildman–Crippen LogP) is 2.71. The van der Waals surface area contributed by atoms with Crippen molar-refractivity contribution in [3.05, 3.63) is 48.0 Å². The number of hydrogen-bond donors (Lipinski definition) is 0. The summed E-state index contributed by atoms with van der Waals surface area (Å²) >= 11 is 0. The number of ether oxygens (including phenoxy) is 2. The monoisotopic (exact) mass is 270 g/mol. The van der Waals surface area contributed by atoms with Gasteiger partial charge in [0.05, 0.1) is 13.2 Å². The summed E-state index contributed by atoms with van der Waals surface area (Å²) in [5, 5.41) is 0. The first kappa shape index (κ1) is 12.2. The van der Waals surface area contributed by atoms with Gasteiger partial charge in [0, 0.05) is 5.92 Å². The molecule has 3 nitrogen and oxygen atoms in total. The predicted molar refractivity (Wildman–Crippen MR) is 73.8 cm³/mol. The van der Waals surface area contributed by atoms with Gasteiger partial charge >= 0.3 is 5.97 Å². The highest BCUT2D eigenvalue weighted by molar-refractivity contribution is 5.83. The van der Waals surface area contributed by atoms with Gasteiger partial charge in [0.2, 0.25) is 0 Å². The fourth-order valence-corrected chi connectivity index (χ4v) is 4.03. The van der Waals surface area contributed by atoms with Crippen molar-refractivity contribution >= 4 is 5.97 Å². The molecular formula is C17H18O3. The summed E-state index contributed by atoms with van der Waals surface area (Å²) in [5.41, 5.74) is 0.623. The summed E-state index contributed by atoms with van der Waals surface area (Å²) in [5.74, 6) is 0.733. The first-order chi connectivity index (χ1) is 9.79. The Morgan fingerprint density at radius 1 is 1.25 bits per heavy atom. The van der Waals surface area contributed by atoms with Crippen molar-refractivity contribution < 1.29 is 14.3 Å². The molecule has 4 atom stereocenters. The minimum atomic E-state index is -0.513. The van der Waals surface area contributed by atoms with Crippen molar-refractivity contribution in [2.75, 3.05) is 6.61 Å². The van der Waals surface area contributed by atoms with E-state index in [0.29, 0.717) is 25.0 Å². The average Bonchev–Trinajstić information content (AvgIpc) is 3.10. The maximum Gasteiger partial charge on any atom is 0.319 e. The molecule has 104 valence electrons. The lowest BCUT2D eigenvalue weighted by atomic mass is 9.77. The van der Waals surface area contributed by atoms with Gasteiger partial charge in [0.25, 0.3) is 0 Å². The summed E-state index contributed by atoms with van der Waals surface area (Å²) in [7, 11) is 0. The number of carbonyl (C=O) groups excluding carboxylic acids is 1. The van der Waals surface area contributed by atoms with Crippen molar-refractivity contribution in [2.24, 2.45) is 17.3 Å². The SMILES string of the molecule is O=C1O[C@@H]2CC[C@@H]3C=C[C@@]1(COCc1ccccc1)[C@@H]32. The zero-order valence-corrected chi connectivity index (χ0v) is 11.3. The lowest BCUT2D eigenvalue weighted by molar-refractivity contribution is -0.149. The van der Waals surface area contributed by atoms with Crippen LogP contribution in [0, 0.1) is 17.3 Å². The largest absolute Gasteiger partial charge is 0.461 e. The van der Waals surface area contributed by atoms with E-state index in [1.807, 2.05) is 30.3 Å². The number of allylic oxidation sites excluding steroid dienone is 1. The van der Waals surface area contributed by atoms with E-state index < -0.39 is 5.41 Å². The van der Waals surface area contributed by atoms with Gasteiger partial charge in [0.1, 0.15) is 11.5 Å². The molecule has 3 heteroatoms. The second-order valence-corrected chi connectivity index (χ2v) is 6.09. The first-order valence-electron chi connectivity index (χ1n) is 7.32. The van der Waals surface area contributed by atoms with E-state index >= 15 is 0 Å². The number of benzene rings is 1. The van der Waals surface area contributed by atoms with E-state index in [9.17, 15) is 4.79 Å². The Morgan fingerprint density at radius 2 is 2.10 bits per heavy atom. The van der Waals surface area contributed by atoms with Gasteiger partial charge in [-0.3, -0.25) is 4.79 Å². The molecule has 4 rings (SSSR count). The molecule has 2 aliphatic carbocycles. The van der Waals surface area contributed by atoms with E-state index in [1.54, 1.807) is 0 Å². The van der Waals surface area contributed by atoms with Crippen LogP contribution in [0.4, 0.5) is 0 Å². The van der Waals surface area contributed by atoms with Gasteiger partial charge in [-0.2, -0.15) is 0 Å². The number of carbonyl (C=O) groups is 1.